The summed E-state index contributed by atoms with van der Waals surface area (Å²) in [5, 5.41) is 6.18. The summed E-state index contributed by atoms with van der Waals surface area (Å²) in [7, 11) is 0. The number of nitrogens with one attached hydrogen (secondary N) is 1. The Balaban J connectivity index is 2.57. The highest BCUT2D eigenvalue weighted by molar-refractivity contribution is 7.71. The minimum Gasteiger partial charge on any atom is -0.409 e. The average Bonchev–Trinajstić information content (AvgIpc) is 2.51. The molecule has 0 radical (unpaired) electrons. The Labute approximate surface area is 84.6 Å². The summed E-state index contributed by atoms with van der Waals surface area (Å²) >= 11 is 4.69. The minimum atomic E-state index is -0.366. The van der Waals surface area contributed by atoms with Gasteiger partial charge in [-0.3, -0.25) is 0 Å². The number of nitrogens with zero attached hydrogens (tertiary/aromatic N) is 1. The van der Waals surface area contributed by atoms with Crippen LogP contribution in [0, 0.1) is 17.6 Å². The quantitative estimate of drug-likeness (QED) is 0.736. The Morgan fingerprint density at radius 1 is 1.50 bits per heavy atom. The van der Waals surface area contributed by atoms with Crippen LogP contribution >= 0.6 is 12.2 Å². The van der Waals surface area contributed by atoms with Crippen molar-refractivity contribution in [1.82, 2.24) is 10.2 Å². The monoisotopic (exact) mass is 210 g/mol. The van der Waals surface area contributed by atoms with Crippen LogP contribution in [-0.2, 0) is 0 Å². The lowest BCUT2D eigenvalue weighted by atomic mass is 10.1. The second kappa shape index (κ2) is 3.34. The van der Waals surface area contributed by atoms with Crippen LogP contribution in [0.25, 0.3) is 11.5 Å². The van der Waals surface area contributed by atoms with Crippen LogP contribution in [0.15, 0.2) is 22.6 Å². The summed E-state index contributed by atoms with van der Waals surface area (Å²) in [6.45, 7) is 1.81. The van der Waals surface area contributed by atoms with Gasteiger partial charge in [0.25, 0.3) is 4.84 Å². The van der Waals surface area contributed by atoms with E-state index in [1.165, 1.54) is 6.07 Å². The van der Waals surface area contributed by atoms with Gasteiger partial charge in [-0.2, -0.15) is 0 Å². The van der Waals surface area contributed by atoms with Crippen LogP contribution in [0.1, 0.15) is 5.56 Å². The van der Waals surface area contributed by atoms with Crippen molar-refractivity contribution < 1.29 is 8.81 Å². The first-order valence-corrected chi connectivity index (χ1v) is 4.39. The molecule has 5 heteroatoms. The second-order valence-electron chi connectivity index (χ2n) is 2.90. The summed E-state index contributed by atoms with van der Waals surface area (Å²) in [5.74, 6) is -0.192. The molecular formula is C9H7FN2OS. The molecule has 0 aliphatic heterocycles. The molecule has 0 unspecified atom stereocenters. The number of rotatable bonds is 1. The molecule has 2 aromatic rings. The van der Waals surface area contributed by atoms with E-state index in [-0.39, 0.29) is 16.5 Å². The maximum absolute atomic E-state index is 13.4. The van der Waals surface area contributed by atoms with Crippen molar-refractivity contribution in [3.8, 4) is 11.5 Å². The maximum Gasteiger partial charge on any atom is 0.284 e. The average molecular weight is 210 g/mol. The first-order valence-electron chi connectivity index (χ1n) is 3.99. The zero-order valence-electron chi connectivity index (χ0n) is 7.37. The summed E-state index contributed by atoms with van der Waals surface area (Å²) < 4.78 is 18.4. The molecule has 0 aliphatic rings. The SMILES string of the molecule is Cc1ccc(-c2n[nH]c(=S)o2)c(F)c1. The van der Waals surface area contributed by atoms with Crippen LogP contribution in [0.4, 0.5) is 4.39 Å². The predicted molar refractivity (Wildman–Crippen MR) is 51.8 cm³/mol. The van der Waals surface area contributed by atoms with Gasteiger partial charge < -0.3 is 4.42 Å². The van der Waals surface area contributed by atoms with Gasteiger partial charge in [-0.05, 0) is 36.8 Å². The number of halogens is 1. The van der Waals surface area contributed by atoms with Crippen molar-refractivity contribution in [2.24, 2.45) is 0 Å². The van der Waals surface area contributed by atoms with Crippen LogP contribution in [-0.4, -0.2) is 10.2 Å². The first-order chi connectivity index (χ1) is 6.66. The van der Waals surface area contributed by atoms with Gasteiger partial charge in [0.15, 0.2) is 0 Å². The Bertz CT molecular complexity index is 518. The number of benzene rings is 1. The molecule has 1 N–H and O–H groups in total. The fraction of sp³-hybridized carbons (Fsp3) is 0.111. The van der Waals surface area contributed by atoms with Gasteiger partial charge in [0.1, 0.15) is 5.82 Å². The third-order valence-corrected chi connectivity index (χ3v) is 1.97. The molecule has 0 amide bonds. The van der Waals surface area contributed by atoms with Gasteiger partial charge >= 0.3 is 0 Å². The molecule has 3 nitrogen and oxygen atoms in total. The van der Waals surface area contributed by atoms with Gasteiger partial charge in [0.2, 0.25) is 5.89 Å². The number of aromatic amines is 1. The van der Waals surface area contributed by atoms with Gasteiger partial charge in [-0.25, -0.2) is 9.49 Å². The largest absolute Gasteiger partial charge is 0.409 e. The van der Waals surface area contributed by atoms with Crippen LogP contribution in [0.2, 0.25) is 0 Å². The Hall–Kier alpha value is -1.49. The molecular weight excluding hydrogens is 203 g/mol. The van der Waals surface area contributed by atoms with E-state index in [1.807, 2.05) is 6.92 Å². The normalized spacial score (nSPS) is 10.4. The van der Waals surface area contributed by atoms with Gasteiger partial charge in [-0.15, -0.1) is 5.10 Å². The Kier molecular flexibility index (Phi) is 2.17. The van der Waals surface area contributed by atoms with Crippen molar-refractivity contribution in [3.05, 3.63) is 34.4 Å². The zero-order chi connectivity index (χ0) is 10.1. The molecule has 0 aliphatic carbocycles. The zero-order valence-corrected chi connectivity index (χ0v) is 8.19. The van der Waals surface area contributed by atoms with E-state index in [0.29, 0.717) is 5.56 Å². The maximum atomic E-state index is 13.4. The highest BCUT2D eigenvalue weighted by Gasteiger charge is 2.09. The van der Waals surface area contributed by atoms with Crippen molar-refractivity contribution in [3.63, 3.8) is 0 Å². The van der Waals surface area contributed by atoms with Gasteiger partial charge in [0.05, 0.1) is 5.56 Å². The lowest BCUT2D eigenvalue weighted by molar-refractivity contribution is 0.543. The second-order valence-corrected chi connectivity index (χ2v) is 3.27. The fourth-order valence-electron chi connectivity index (χ4n) is 1.14. The smallest absolute Gasteiger partial charge is 0.284 e. The standard InChI is InChI=1S/C9H7FN2OS/c1-5-2-3-6(7(10)4-5)8-11-12-9(14)13-8/h2-4H,1H3,(H,12,14). The topological polar surface area (TPSA) is 41.8 Å². The first kappa shape index (κ1) is 9.08. The number of hydrogen-bond acceptors (Lipinski definition) is 3. The molecule has 1 heterocycles. The molecule has 0 saturated carbocycles. The lowest BCUT2D eigenvalue weighted by Crippen LogP contribution is -1.85. The van der Waals surface area contributed by atoms with E-state index in [2.05, 4.69) is 10.2 Å². The molecule has 0 spiro atoms. The predicted octanol–water partition coefficient (Wildman–Crippen LogP) is 2.85. The number of H-pyrrole nitrogens is 1. The van der Waals surface area contributed by atoms with E-state index < -0.39 is 0 Å². The van der Waals surface area contributed by atoms with Gasteiger partial charge in [0, 0.05) is 0 Å². The third-order valence-electron chi connectivity index (χ3n) is 1.79. The molecule has 1 aromatic heterocycles. The molecule has 0 fully saturated rings. The lowest BCUT2D eigenvalue weighted by Gasteiger charge is -1.97. The van der Waals surface area contributed by atoms with E-state index in [0.717, 1.165) is 5.56 Å². The molecule has 0 bridgehead atoms. The van der Waals surface area contributed by atoms with Crippen molar-refractivity contribution in [1.29, 1.82) is 0 Å². The minimum absolute atomic E-state index is 0.139. The van der Waals surface area contributed by atoms with Gasteiger partial charge in [-0.1, -0.05) is 6.07 Å². The van der Waals surface area contributed by atoms with E-state index >= 15 is 0 Å². The van der Waals surface area contributed by atoms with Crippen molar-refractivity contribution in [2.75, 3.05) is 0 Å². The summed E-state index contributed by atoms with van der Waals surface area (Å²) in [6, 6.07) is 4.81. The number of hydrogen-bond donors (Lipinski definition) is 1. The number of aromatic nitrogens is 2. The summed E-state index contributed by atoms with van der Waals surface area (Å²) in [4.78, 5) is 0.139. The number of aryl methyl sites for hydroxylation is 1. The van der Waals surface area contributed by atoms with E-state index in [9.17, 15) is 4.39 Å². The molecule has 14 heavy (non-hydrogen) atoms. The Morgan fingerprint density at radius 2 is 2.29 bits per heavy atom. The highest BCUT2D eigenvalue weighted by atomic mass is 32.1. The van der Waals surface area contributed by atoms with Crippen molar-refractivity contribution >= 4 is 12.2 Å². The molecule has 1 aromatic carbocycles. The molecule has 0 saturated heterocycles. The molecule has 0 atom stereocenters. The molecule has 72 valence electrons. The van der Waals surface area contributed by atoms with Crippen LogP contribution in [0.5, 0.6) is 0 Å². The van der Waals surface area contributed by atoms with Crippen LogP contribution in [0.3, 0.4) is 0 Å². The fourth-order valence-corrected chi connectivity index (χ4v) is 1.26. The van der Waals surface area contributed by atoms with Crippen molar-refractivity contribution in [2.45, 2.75) is 6.92 Å². The Morgan fingerprint density at radius 3 is 2.86 bits per heavy atom. The van der Waals surface area contributed by atoms with Crippen LogP contribution < -0.4 is 0 Å². The summed E-state index contributed by atoms with van der Waals surface area (Å²) in [5.41, 5.74) is 1.16. The molecule has 2 rings (SSSR count). The summed E-state index contributed by atoms with van der Waals surface area (Å²) in [6.07, 6.45) is 0. The highest BCUT2D eigenvalue weighted by Crippen LogP contribution is 2.21. The van der Waals surface area contributed by atoms with E-state index in [1.54, 1.807) is 12.1 Å². The third kappa shape index (κ3) is 1.58. The van der Waals surface area contributed by atoms with E-state index in [4.69, 9.17) is 16.6 Å².